The van der Waals surface area contributed by atoms with Gasteiger partial charge in [0, 0.05) is 18.6 Å². The molecule has 3 aliphatic rings. The Labute approximate surface area is 104 Å². The van der Waals surface area contributed by atoms with Gasteiger partial charge in [0.1, 0.15) is 0 Å². The summed E-state index contributed by atoms with van der Waals surface area (Å²) in [5.74, 6) is 1.24. The highest BCUT2D eigenvalue weighted by atomic mass is 16.2. The van der Waals surface area contributed by atoms with Crippen molar-refractivity contribution in [1.82, 2.24) is 10.6 Å². The molecule has 2 saturated heterocycles. The van der Waals surface area contributed by atoms with Crippen LogP contribution in [0.2, 0.25) is 0 Å². The average Bonchev–Trinajstić information content (AvgIpc) is 2.81. The van der Waals surface area contributed by atoms with Crippen molar-refractivity contribution in [3.05, 3.63) is 0 Å². The van der Waals surface area contributed by atoms with Gasteiger partial charge in [0.25, 0.3) is 0 Å². The van der Waals surface area contributed by atoms with Crippen molar-refractivity contribution in [2.45, 2.75) is 58.0 Å². The zero-order chi connectivity index (χ0) is 12.0. The van der Waals surface area contributed by atoms with E-state index in [-0.39, 0.29) is 5.92 Å². The van der Waals surface area contributed by atoms with Crippen LogP contribution in [0.4, 0.5) is 0 Å². The van der Waals surface area contributed by atoms with Crippen LogP contribution in [0.1, 0.15) is 46.0 Å². The lowest BCUT2D eigenvalue weighted by molar-refractivity contribution is -0.125. The fraction of sp³-hybridized carbons (Fsp3) is 0.929. The molecule has 1 saturated carbocycles. The third-order valence-electron chi connectivity index (χ3n) is 5.37. The van der Waals surface area contributed by atoms with E-state index in [1.54, 1.807) is 0 Å². The Kier molecular flexibility index (Phi) is 2.69. The molecule has 2 bridgehead atoms. The van der Waals surface area contributed by atoms with Crippen LogP contribution in [0.3, 0.4) is 0 Å². The highest BCUT2D eigenvalue weighted by Crippen LogP contribution is 2.51. The predicted molar refractivity (Wildman–Crippen MR) is 67.6 cm³/mol. The smallest absolute Gasteiger partial charge is 0.224 e. The maximum Gasteiger partial charge on any atom is 0.224 e. The van der Waals surface area contributed by atoms with Crippen molar-refractivity contribution >= 4 is 5.91 Å². The van der Waals surface area contributed by atoms with Crippen molar-refractivity contribution in [1.29, 1.82) is 0 Å². The second-order valence-electron chi connectivity index (χ2n) is 6.62. The fourth-order valence-corrected chi connectivity index (χ4v) is 3.63. The molecule has 17 heavy (non-hydrogen) atoms. The Morgan fingerprint density at radius 1 is 1.41 bits per heavy atom. The fourth-order valence-electron chi connectivity index (χ4n) is 3.63. The average molecular weight is 236 g/mol. The van der Waals surface area contributed by atoms with Crippen molar-refractivity contribution < 1.29 is 4.79 Å². The topological polar surface area (TPSA) is 41.1 Å². The van der Waals surface area contributed by atoms with Crippen molar-refractivity contribution in [3.63, 3.8) is 0 Å². The van der Waals surface area contributed by atoms with E-state index >= 15 is 0 Å². The molecule has 0 radical (unpaired) electrons. The van der Waals surface area contributed by atoms with E-state index in [1.807, 2.05) is 0 Å². The number of carbonyl (C=O) groups excluding carboxylic acids is 1. The van der Waals surface area contributed by atoms with E-state index < -0.39 is 0 Å². The minimum absolute atomic E-state index is 0.247. The monoisotopic (exact) mass is 236 g/mol. The Morgan fingerprint density at radius 3 is 2.65 bits per heavy atom. The molecule has 3 unspecified atom stereocenters. The standard InChI is InChI=1S/C14H24N2O/c1-9(2)14(5-6-14)8-15-13(17)11-7-10-3-4-12(11)16-10/h9-12,16H,3-8H2,1-2H3,(H,15,17). The van der Waals surface area contributed by atoms with Crippen molar-refractivity contribution in [2.75, 3.05) is 6.54 Å². The minimum atomic E-state index is 0.247. The van der Waals surface area contributed by atoms with Crippen LogP contribution >= 0.6 is 0 Å². The number of amides is 1. The summed E-state index contributed by atoms with van der Waals surface area (Å²) in [6, 6.07) is 1.09. The molecule has 3 nitrogen and oxygen atoms in total. The Bertz CT molecular complexity index is 322. The molecule has 3 heteroatoms. The summed E-state index contributed by atoms with van der Waals surface area (Å²) >= 11 is 0. The lowest BCUT2D eigenvalue weighted by atomic mass is 9.87. The maximum atomic E-state index is 12.2. The lowest BCUT2D eigenvalue weighted by Gasteiger charge is -2.24. The highest BCUT2D eigenvalue weighted by molar-refractivity contribution is 5.80. The van der Waals surface area contributed by atoms with Gasteiger partial charge in [-0.25, -0.2) is 0 Å². The Morgan fingerprint density at radius 2 is 2.18 bits per heavy atom. The second-order valence-corrected chi connectivity index (χ2v) is 6.62. The molecule has 1 aliphatic carbocycles. The molecule has 96 valence electrons. The number of carbonyl (C=O) groups is 1. The number of hydrogen-bond donors (Lipinski definition) is 2. The first-order valence-electron chi connectivity index (χ1n) is 7.14. The van der Waals surface area contributed by atoms with Crippen LogP contribution in [0.25, 0.3) is 0 Å². The molecule has 3 rings (SSSR count). The van der Waals surface area contributed by atoms with Gasteiger partial charge in [0.15, 0.2) is 0 Å². The van der Waals surface area contributed by atoms with Crippen LogP contribution in [0.15, 0.2) is 0 Å². The van der Waals surface area contributed by atoms with Crippen LogP contribution in [-0.4, -0.2) is 24.5 Å². The molecule has 0 aromatic carbocycles. The lowest BCUT2D eigenvalue weighted by Crippen LogP contribution is -2.40. The SMILES string of the molecule is CC(C)C1(CNC(=O)C2CC3CCC2N3)CC1. The zero-order valence-corrected chi connectivity index (χ0v) is 11.0. The number of fused-ring (bicyclic) bond motifs is 2. The highest BCUT2D eigenvalue weighted by Gasteiger charge is 2.47. The van der Waals surface area contributed by atoms with Gasteiger partial charge in [-0.2, -0.15) is 0 Å². The summed E-state index contributed by atoms with van der Waals surface area (Å²) in [5.41, 5.74) is 0.431. The predicted octanol–water partition coefficient (Wildman–Crippen LogP) is 1.68. The van der Waals surface area contributed by atoms with Gasteiger partial charge in [0.2, 0.25) is 5.91 Å². The molecule has 0 aromatic heterocycles. The van der Waals surface area contributed by atoms with Crippen LogP contribution in [-0.2, 0) is 4.79 Å². The van der Waals surface area contributed by atoms with Gasteiger partial charge >= 0.3 is 0 Å². The summed E-state index contributed by atoms with van der Waals surface area (Å²) in [7, 11) is 0. The van der Waals surface area contributed by atoms with E-state index in [1.165, 1.54) is 25.7 Å². The first-order valence-corrected chi connectivity index (χ1v) is 7.14. The van der Waals surface area contributed by atoms with Gasteiger partial charge in [-0.1, -0.05) is 13.8 Å². The minimum Gasteiger partial charge on any atom is -0.355 e. The molecule has 3 atom stereocenters. The largest absolute Gasteiger partial charge is 0.355 e. The summed E-state index contributed by atoms with van der Waals surface area (Å²) in [6.07, 6.45) is 6.10. The molecule has 1 amide bonds. The molecular weight excluding hydrogens is 212 g/mol. The molecule has 2 heterocycles. The van der Waals surface area contributed by atoms with E-state index in [4.69, 9.17) is 0 Å². The second kappa shape index (κ2) is 3.98. The van der Waals surface area contributed by atoms with Gasteiger partial charge < -0.3 is 10.6 Å². The summed E-state index contributed by atoms with van der Waals surface area (Å²) in [4.78, 5) is 12.2. The third kappa shape index (κ3) is 1.99. The number of hydrogen-bond acceptors (Lipinski definition) is 2. The number of nitrogens with one attached hydrogen (secondary N) is 2. The van der Waals surface area contributed by atoms with Gasteiger partial charge in [-0.3, -0.25) is 4.79 Å². The normalized spacial score (nSPS) is 37.5. The first kappa shape index (κ1) is 11.5. The third-order valence-corrected chi connectivity index (χ3v) is 5.37. The molecule has 2 aliphatic heterocycles. The molecule has 0 aromatic rings. The quantitative estimate of drug-likeness (QED) is 0.780. The van der Waals surface area contributed by atoms with E-state index in [2.05, 4.69) is 24.5 Å². The maximum absolute atomic E-state index is 12.2. The first-order chi connectivity index (χ1) is 8.11. The molecule has 3 fully saturated rings. The van der Waals surface area contributed by atoms with E-state index in [0.29, 0.717) is 29.3 Å². The van der Waals surface area contributed by atoms with Crippen LogP contribution in [0, 0.1) is 17.3 Å². The van der Waals surface area contributed by atoms with Crippen LogP contribution < -0.4 is 10.6 Å². The van der Waals surface area contributed by atoms with Crippen molar-refractivity contribution in [2.24, 2.45) is 17.3 Å². The zero-order valence-electron chi connectivity index (χ0n) is 11.0. The summed E-state index contributed by atoms with van der Waals surface area (Å²) in [5, 5.41) is 6.75. The number of rotatable bonds is 4. The van der Waals surface area contributed by atoms with Gasteiger partial charge in [0.05, 0.1) is 5.92 Å². The van der Waals surface area contributed by atoms with Gasteiger partial charge in [-0.05, 0) is 43.4 Å². The molecular formula is C14H24N2O. The molecule has 2 N–H and O–H groups in total. The van der Waals surface area contributed by atoms with Crippen molar-refractivity contribution in [3.8, 4) is 0 Å². The summed E-state index contributed by atoms with van der Waals surface area (Å²) in [6.45, 7) is 5.45. The van der Waals surface area contributed by atoms with E-state index in [9.17, 15) is 4.79 Å². The van der Waals surface area contributed by atoms with Crippen LogP contribution in [0.5, 0.6) is 0 Å². The van der Waals surface area contributed by atoms with E-state index in [0.717, 1.165) is 13.0 Å². The molecule has 0 spiro atoms. The summed E-state index contributed by atoms with van der Waals surface area (Å²) < 4.78 is 0. The Hall–Kier alpha value is -0.570. The van der Waals surface area contributed by atoms with Gasteiger partial charge in [-0.15, -0.1) is 0 Å². The Balaban J connectivity index is 1.51.